The standard InChI is InChI=1S/C28H35NO3/c1-19(2)23-15-21-11-12-25-27(3,13-8-14-28(25,4)26(30)31)24(21)16-22(23)17-29-32-18-20-9-6-5-7-10-20/h5-7,9-10,15-17,19,25H,8,11-14,18H2,1-4H3,(H,30,31)/b29-17+/t25?,27-,28?/m1/s1. The molecule has 0 saturated heterocycles. The topological polar surface area (TPSA) is 58.9 Å². The molecular formula is C28H35NO3. The fourth-order valence-electron chi connectivity index (χ4n) is 6.20. The Morgan fingerprint density at radius 2 is 1.97 bits per heavy atom. The molecule has 0 aliphatic heterocycles. The SMILES string of the molecule is CC(C)c1cc2c(cc1/C=N/OCc1ccccc1)[C@@]1(C)CCCC(C)(C(=O)O)C1CC2. The van der Waals surface area contributed by atoms with Gasteiger partial charge in [-0.05, 0) is 83.7 Å². The normalized spacial score (nSPS) is 27.2. The molecule has 170 valence electrons. The largest absolute Gasteiger partial charge is 0.481 e. The zero-order valence-electron chi connectivity index (χ0n) is 19.7. The Labute approximate surface area is 191 Å². The van der Waals surface area contributed by atoms with Gasteiger partial charge in [-0.2, -0.15) is 0 Å². The zero-order chi connectivity index (χ0) is 22.9. The van der Waals surface area contributed by atoms with E-state index in [2.05, 4.69) is 38.1 Å². The van der Waals surface area contributed by atoms with Gasteiger partial charge in [-0.1, -0.05) is 68.7 Å². The fraction of sp³-hybridized carbons (Fsp3) is 0.500. The van der Waals surface area contributed by atoms with E-state index in [0.29, 0.717) is 12.5 Å². The van der Waals surface area contributed by atoms with Crippen LogP contribution in [0.5, 0.6) is 0 Å². The molecule has 0 aromatic heterocycles. The quantitative estimate of drug-likeness (QED) is 0.420. The molecule has 4 heteroatoms. The minimum absolute atomic E-state index is 0.123. The number of fused-ring (bicyclic) bond motifs is 3. The molecular weight excluding hydrogens is 398 g/mol. The van der Waals surface area contributed by atoms with E-state index in [4.69, 9.17) is 4.84 Å². The lowest BCUT2D eigenvalue weighted by atomic mass is 9.49. The van der Waals surface area contributed by atoms with Crippen molar-refractivity contribution in [3.8, 4) is 0 Å². The van der Waals surface area contributed by atoms with Gasteiger partial charge in [-0.3, -0.25) is 4.79 Å². The minimum atomic E-state index is -0.658. The number of carbonyl (C=O) groups is 1. The van der Waals surface area contributed by atoms with Crippen molar-refractivity contribution >= 4 is 12.2 Å². The number of carboxylic acids is 1. The lowest BCUT2D eigenvalue weighted by molar-refractivity contribution is -0.157. The van der Waals surface area contributed by atoms with Gasteiger partial charge < -0.3 is 9.94 Å². The van der Waals surface area contributed by atoms with Gasteiger partial charge in [-0.25, -0.2) is 0 Å². The first-order valence-corrected chi connectivity index (χ1v) is 11.9. The van der Waals surface area contributed by atoms with E-state index in [9.17, 15) is 9.90 Å². The van der Waals surface area contributed by atoms with Gasteiger partial charge in [0, 0.05) is 0 Å². The van der Waals surface area contributed by atoms with Crippen molar-refractivity contribution in [1.29, 1.82) is 0 Å². The summed E-state index contributed by atoms with van der Waals surface area (Å²) in [6, 6.07) is 14.6. The average molecular weight is 434 g/mol. The highest BCUT2D eigenvalue weighted by atomic mass is 16.6. The fourth-order valence-corrected chi connectivity index (χ4v) is 6.20. The number of aryl methyl sites for hydroxylation is 1. The molecule has 1 saturated carbocycles. The second-order valence-corrected chi connectivity index (χ2v) is 10.4. The van der Waals surface area contributed by atoms with Crippen LogP contribution < -0.4 is 0 Å². The van der Waals surface area contributed by atoms with Crippen LogP contribution in [0.1, 0.15) is 87.1 Å². The molecule has 1 fully saturated rings. The van der Waals surface area contributed by atoms with Crippen molar-refractivity contribution in [2.24, 2.45) is 16.5 Å². The van der Waals surface area contributed by atoms with Gasteiger partial charge >= 0.3 is 5.97 Å². The summed E-state index contributed by atoms with van der Waals surface area (Å²) in [5.41, 5.74) is 5.35. The summed E-state index contributed by atoms with van der Waals surface area (Å²) in [5.74, 6) is -0.124. The summed E-state index contributed by atoms with van der Waals surface area (Å²) in [6.07, 6.45) is 6.48. The number of benzene rings is 2. The average Bonchev–Trinajstić information content (AvgIpc) is 2.77. The Kier molecular flexibility index (Phi) is 6.15. The van der Waals surface area contributed by atoms with Crippen LogP contribution in [-0.4, -0.2) is 17.3 Å². The lowest BCUT2D eigenvalue weighted by Gasteiger charge is -2.53. The Balaban J connectivity index is 1.67. The van der Waals surface area contributed by atoms with Crippen LogP contribution in [0.25, 0.3) is 0 Å². The molecule has 0 heterocycles. The van der Waals surface area contributed by atoms with E-state index >= 15 is 0 Å². The van der Waals surface area contributed by atoms with Gasteiger partial charge in [0.25, 0.3) is 0 Å². The lowest BCUT2D eigenvalue weighted by Crippen LogP contribution is -2.52. The molecule has 2 unspecified atom stereocenters. The highest BCUT2D eigenvalue weighted by Gasteiger charge is 2.55. The van der Waals surface area contributed by atoms with E-state index in [1.807, 2.05) is 43.5 Å². The molecule has 4 rings (SSSR count). The predicted octanol–water partition coefficient (Wildman–Crippen LogP) is 6.46. The molecule has 0 radical (unpaired) electrons. The molecule has 2 aliphatic carbocycles. The van der Waals surface area contributed by atoms with Gasteiger partial charge in [0.2, 0.25) is 0 Å². The van der Waals surface area contributed by atoms with Gasteiger partial charge in [0.05, 0.1) is 11.6 Å². The van der Waals surface area contributed by atoms with Gasteiger partial charge in [0.1, 0.15) is 6.61 Å². The first kappa shape index (κ1) is 22.6. The van der Waals surface area contributed by atoms with Crippen molar-refractivity contribution in [3.63, 3.8) is 0 Å². The molecule has 2 aromatic carbocycles. The monoisotopic (exact) mass is 433 g/mol. The highest BCUT2D eigenvalue weighted by molar-refractivity contribution is 5.83. The Bertz CT molecular complexity index is 1010. The number of rotatable bonds is 6. The van der Waals surface area contributed by atoms with Crippen molar-refractivity contribution in [2.45, 2.75) is 77.7 Å². The summed E-state index contributed by atoms with van der Waals surface area (Å²) < 4.78 is 0. The van der Waals surface area contributed by atoms with E-state index in [1.54, 1.807) is 0 Å². The van der Waals surface area contributed by atoms with Crippen LogP contribution in [0.15, 0.2) is 47.6 Å². The molecule has 4 nitrogen and oxygen atoms in total. The maximum atomic E-state index is 12.2. The van der Waals surface area contributed by atoms with Crippen molar-refractivity contribution in [1.82, 2.24) is 0 Å². The predicted molar refractivity (Wildman–Crippen MR) is 128 cm³/mol. The molecule has 3 atom stereocenters. The molecule has 2 aliphatic rings. The number of aliphatic carboxylic acids is 1. The summed E-state index contributed by atoms with van der Waals surface area (Å²) >= 11 is 0. The van der Waals surface area contributed by atoms with E-state index in [-0.39, 0.29) is 11.3 Å². The van der Waals surface area contributed by atoms with Crippen LogP contribution >= 0.6 is 0 Å². The van der Waals surface area contributed by atoms with Gasteiger partial charge in [-0.15, -0.1) is 0 Å². The van der Waals surface area contributed by atoms with E-state index in [1.165, 1.54) is 16.7 Å². The molecule has 32 heavy (non-hydrogen) atoms. The van der Waals surface area contributed by atoms with E-state index in [0.717, 1.165) is 43.2 Å². The Hall–Kier alpha value is -2.62. The number of nitrogens with zero attached hydrogens (tertiary/aromatic N) is 1. The van der Waals surface area contributed by atoms with Crippen LogP contribution in [0, 0.1) is 11.3 Å². The van der Waals surface area contributed by atoms with Gasteiger partial charge in [0.15, 0.2) is 0 Å². The summed E-state index contributed by atoms with van der Waals surface area (Å²) in [5, 5.41) is 14.4. The minimum Gasteiger partial charge on any atom is -0.481 e. The first-order valence-electron chi connectivity index (χ1n) is 11.9. The molecule has 0 spiro atoms. The summed E-state index contributed by atoms with van der Waals surface area (Å²) in [7, 11) is 0. The van der Waals surface area contributed by atoms with Crippen LogP contribution in [0.4, 0.5) is 0 Å². The number of oxime groups is 1. The second kappa shape index (κ2) is 8.73. The third kappa shape index (κ3) is 3.96. The van der Waals surface area contributed by atoms with Crippen LogP contribution in [-0.2, 0) is 28.1 Å². The van der Waals surface area contributed by atoms with E-state index < -0.39 is 11.4 Å². The van der Waals surface area contributed by atoms with Crippen molar-refractivity contribution in [2.75, 3.05) is 0 Å². The number of hydrogen-bond acceptors (Lipinski definition) is 3. The maximum absolute atomic E-state index is 12.2. The smallest absolute Gasteiger partial charge is 0.309 e. The summed E-state index contributed by atoms with van der Waals surface area (Å²) in [6.45, 7) is 9.11. The molecule has 0 bridgehead atoms. The first-order chi connectivity index (χ1) is 15.3. The number of hydrogen-bond donors (Lipinski definition) is 1. The third-order valence-corrected chi connectivity index (χ3v) is 8.01. The van der Waals surface area contributed by atoms with Crippen molar-refractivity contribution in [3.05, 3.63) is 70.3 Å². The number of carboxylic acid groups (broad SMARTS) is 1. The Morgan fingerprint density at radius 1 is 1.22 bits per heavy atom. The van der Waals surface area contributed by atoms with Crippen molar-refractivity contribution < 1.29 is 14.7 Å². The summed E-state index contributed by atoms with van der Waals surface area (Å²) in [4.78, 5) is 17.8. The highest BCUT2D eigenvalue weighted by Crippen LogP contribution is 2.57. The molecule has 2 aromatic rings. The third-order valence-electron chi connectivity index (χ3n) is 8.01. The Morgan fingerprint density at radius 3 is 2.66 bits per heavy atom. The second-order valence-electron chi connectivity index (χ2n) is 10.4. The van der Waals surface area contributed by atoms with Crippen LogP contribution in [0.3, 0.4) is 0 Å². The van der Waals surface area contributed by atoms with Crippen LogP contribution in [0.2, 0.25) is 0 Å². The molecule has 1 N–H and O–H groups in total. The maximum Gasteiger partial charge on any atom is 0.309 e. The molecule has 0 amide bonds. The zero-order valence-corrected chi connectivity index (χ0v) is 19.7.